The SMILES string of the molecule is CC(Cc1ccc(CC2(O)CC2)cc1)C(=O)O. The first-order valence-electron chi connectivity index (χ1n) is 6.01. The van der Waals surface area contributed by atoms with E-state index in [1.54, 1.807) is 6.92 Å². The molecule has 1 aliphatic carbocycles. The maximum Gasteiger partial charge on any atom is 0.306 e. The molecule has 1 aromatic carbocycles. The summed E-state index contributed by atoms with van der Waals surface area (Å²) in [6, 6.07) is 7.89. The second kappa shape index (κ2) is 4.49. The molecule has 0 aliphatic heterocycles. The van der Waals surface area contributed by atoms with Crippen molar-refractivity contribution in [3.63, 3.8) is 0 Å². The molecule has 0 saturated heterocycles. The fourth-order valence-corrected chi connectivity index (χ4v) is 1.94. The van der Waals surface area contributed by atoms with Crippen molar-refractivity contribution in [2.24, 2.45) is 5.92 Å². The molecule has 0 aromatic heterocycles. The highest BCUT2D eigenvalue weighted by atomic mass is 16.4. The normalized spacial score (nSPS) is 18.7. The lowest BCUT2D eigenvalue weighted by atomic mass is 9.98. The van der Waals surface area contributed by atoms with Crippen LogP contribution < -0.4 is 0 Å². The van der Waals surface area contributed by atoms with Crippen molar-refractivity contribution in [1.82, 2.24) is 0 Å². The third-order valence-corrected chi connectivity index (χ3v) is 3.35. The van der Waals surface area contributed by atoms with Gasteiger partial charge in [-0.15, -0.1) is 0 Å². The van der Waals surface area contributed by atoms with E-state index in [0.29, 0.717) is 12.8 Å². The molecular weight excluding hydrogens is 216 g/mol. The fourth-order valence-electron chi connectivity index (χ4n) is 1.94. The summed E-state index contributed by atoms with van der Waals surface area (Å²) in [7, 11) is 0. The number of carboxylic acid groups (broad SMARTS) is 1. The zero-order chi connectivity index (χ0) is 12.5. The van der Waals surface area contributed by atoms with Crippen molar-refractivity contribution in [2.75, 3.05) is 0 Å². The van der Waals surface area contributed by atoms with Gasteiger partial charge in [0.2, 0.25) is 0 Å². The Morgan fingerprint density at radius 3 is 2.29 bits per heavy atom. The van der Waals surface area contributed by atoms with Crippen LogP contribution in [0.2, 0.25) is 0 Å². The summed E-state index contributed by atoms with van der Waals surface area (Å²) in [5.41, 5.74) is 1.69. The van der Waals surface area contributed by atoms with Gasteiger partial charge in [0.15, 0.2) is 0 Å². The summed E-state index contributed by atoms with van der Waals surface area (Å²) in [5.74, 6) is -1.12. The summed E-state index contributed by atoms with van der Waals surface area (Å²) >= 11 is 0. The van der Waals surface area contributed by atoms with E-state index in [2.05, 4.69) is 0 Å². The van der Waals surface area contributed by atoms with Gasteiger partial charge in [-0.25, -0.2) is 0 Å². The van der Waals surface area contributed by atoms with Gasteiger partial charge in [0, 0.05) is 6.42 Å². The first kappa shape index (κ1) is 12.1. The topological polar surface area (TPSA) is 57.5 Å². The molecule has 2 rings (SSSR count). The quantitative estimate of drug-likeness (QED) is 0.819. The second-order valence-electron chi connectivity index (χ2n) is 5.16. The molecule has 0 heterocycles. The van der Waals surface area contributed by atoms with Gasteiger partial charge in [-0.1, -0.05) is 31.2 Å². The van der Waals surface area contributed by atoms with Crippen molar-refractivity contribution in [1.29, 1.82) is 0 Å². The van der Waals surface area contributed by atoms with Crippen molar-refractivity contribution in [3.8, 4) is 0 Å². The van der Waals surface area contributed by atoms with Gasteiger partial charge < -0.3 is 10.2 Å². The van der Waals surface area contributed by atoms with E-state index < -0.39 is 11.6 Å². The largest absolute Gasteiger partial charge is 0.481 e. The standard InChI is InChI=1S/C14H18O3/c1-10(13(15)16)8-11-2-4-12(5-3-11)9-14(17)6-7-14/h2-5,10,17H,6-9H2,1H3,(H,15,16). The number of carbonyl (C=O) groups is 1. The molecule has 0 radical (unpaired) electrons. The molecule has 1 aliphatic rings. The Morgan fingerprint density at radius 1 is 1.29 bits per heavy atom. The van der Waals surface area contributed by atoms with Crippen LogP contribution in [0.4, 0.5) is 0 Å². The van der Waals surface area contributed by atoms with Crippen molar-refractivity contribution in [2.45, 2.75) is 38.2 Å². The third-order valence-electron chi connectivity index (χ3n) is 3.35. The van der Waals surface area contributed by atoms with Crippen LogP contribution in [0.3, 0.4) is 0 Å². The van der Waals surface area contributed by atoms with Gasteiger partial charge in [0.1, 0.15) is 0 Å². The smallest absolute Gasteiger partial charge is 0.306 e. The molecular formula is C14H18O3. The van der Waals surface area contributed by atoms with Gasteiger partial charge in [-0.3, -0.25) is 4.79 Å². The molecule has 17 heavy (non-hydrogen) atoms. The number of rotatable bonds is 5. The van der Waals surface area contributed by atoms with Gasteiger partial charge in [-0.05, 0) is 30.4 Å². The van der Waals surface area contributed by atoms with Crippen LogP contribution in [-0.2, 0) is 17.6 Å². The molecule has 3 heteroatoms. The lowest BCUT2D eigenvalue weighted by Crippen LogP contribution is -2.13. The predicted molar refractivity (Wildman–Crippen MR) is 64.8 cm³/mol. The highest BCUT2D eigenvalue weighted by Gasteiger charge is 2.39. The molecule has 3 nitrogen and oxygen atoms in total. The average molecular weight is 234 g/mol. The van der Waals surface area contributed by atoms with E-state index >= 15 is 0 Å². The van der Waals surface area contributed by atoms with Gasteiger partial charge in [0.05, 0.1) is 11.5 Å². The molecule has 1 aromatic rings. The van der Waals surface area contributed by atoms with Crippen LogP contribution in [0, 0.1) is 5.92 Å². The van der Waals surface area contributed by atoms with Gasteiger partial charge in [-0.2, -0.15) is 0 Å². The summed E-state index contributed by atoms with van der Waals surface area (Å²) < 4.78 is 0. The third kappa shape index (κ3) is 3.30. The van der Waals surface area contributed by atoms with Crippen LogP contribution in [0.5, 0.6) is 0 Å². The van der Waals surface area contributed by atoms with E-state index in [1.165, 1.54) is 0 Å². The van der Waals surface area contributed by atoms with Crippen molar-refractivity contribution >= 4 is 5.97 Å². The molecule has 0 amide bonds. The summed E-state index contributed by atoms with van der Waals surface area (Å²) in [6.45, 7) is 1.71. The van der Waals surface area contributed by atoms with Crippen molar-refractivity contribution in [3.05, 3.63) is 35.4 Å². The van der Waals surface area contributed by atoms with Crippen LogP contribution in [-0.4, -0.2) is 21.8 Å². The van der Waals surface area contributed by atoms with Crippen LogP contribution in [0.1, 0.15) is 30.9 Å². The maximum atomic E-state index is 10.7. The summed E-state index contributed by atoms with van der Waals surface area (Å²) in [5, 5.41) is 18.6. The predicted octanol–water partition coefficient (Wildman–Crippen LogP) is 2.02. The average Bonchev–Trinajstić information content (AvgIpc) is 2.99. The van der Waals surface area contributed by atoms with Crippen LogP contribution >= 0.6 is 0 Å². The number of hydrogen-bond donors (Lipinski definition) is 2. The molecule has 1 saturated carbocycles. The highest BCUT2D eigenvalue weighted by Crippen LogP contribution is 2.38. The molecule has 0 bridgehead atoms. The van der Waals surface area contributed by atoms with E-state index in [1.807, 2.05) is 24.3 Å². The lowest BCUT2D eigenvalue weighted by molar-refractivity contribution is -0.141. The van der Waals surface area contributed by atoms with E-state index in [0.717, 1.165) is 24.0 Å². The van der Waals surface area contributed by atoms with Crippen LogP contribution in [0.15, 0.2) is 24.3 Å². The minimum absolute atomic E-state index is 0.353. The Bertz CT molecular complexity index is 404. The first-order chi connectivity index (χ1) is 7.98. The summed E-state index contributed by atoms with van der Waals surface area (Å²) in [6.07, 6.45) is 3.05. The number of benzene rings is 1. The Hall–Kier alpha value is -1.35. The summed E-state index contributed by atoms with van der Waals surface area (Å²) in [4.78, 5) is 10.7. The van der Waals surface area contributed by atoms with E-state index in [-0.39, 0.29) is 5.92 Å². The first-order valence-corrected chi connectivity index (χ1v) is 6.01. The Kier molecular flexibility index (Phi) is 3.20. The second-order valence-corrected chi connectivity index (χ2v) is 5.16. The number of aliphatic carboxylic acids is 1. The highest BCUT2D eigenvalue weighted by molar-refractivity contribution is 5.69. The molecule has 1 fully saturated rings. The molecule has 1 unspecified atom stereocenters. The lowest BCUT2D eigenvalue weighted by Gasteiger charge is -2.09. The van der Waals surface area contributed by atoms with Gasteiger partial charge in [0.25, 0.3) is 0 Å². The zero-order valence-electron chi connectivity index (χ0n) is 10.0. The molecule has 1 atom stereocenters. The Labute approximate surface area is 101 Å². The minimum atomic E-state index is -0.763. The monoisotopic (exact) mass is 234 g/mol. The molecule has 2 N–H and O–H groups in total. The van der Waals surface area contributed by atoms with E-state index in [9.17, 15) is 9.90 Å². The number of hydrogen-bond acceptors (Lipinski definition) is 2. The zero-order valence-corrected chi connectivity index (χ0v) is 10.0. The van der Waals surface area contributed by atoms with Crippen LogP contribution in [0.25, 0.3) is 0 Å². The Morgan fingerprint density at radius 2 is 1.82 bits per heavy atom. The van der Waals surface area contributed by atoms with Crippen molar-refractivity contribution < 1.29 is 15.0 Å². The minimum Gasteiger partial charge on any atom is -0.481 e. The number of aliphatic hydroxyl groups is 1. The van der Waals surface area contributed by atoms with Gasteiger partial charge >= 0.3 is 5.97 Å². The van der Waals surface area contributed by atoms with E-state index in [4.69, 9.17) is 5.11 Å². The fraction of sp³-hybridized carbons (Fsp3) is 0.500. The number of carboxylic acids is 1. The molecule has 92 valence electrons. The maximum absolute atomic E-state index is 10.7. The Balaban J connectivity index is 1.95. The molecule has 0 spiro atoms.